The van der Waals surface area contributed by atoms with Gasteiger partial charge in [-0.2, -0.15) is 0 Å². The molecular weight excluding hydrogens is 231 g/mol. The van der Waals surface area contributed by atoms with Crippen molar-refractivity contribution in [1.82, 2.24) is 10.2 Å². The normalized spacial score (nSPS) is 17.1. The van der Waals surface area contributed by atoms with Crippen molar-refractivity contribution in [3.05, 3.63) is 16.4 Å². The third-order valence-electron chi connectivity index (χ3n) is 1.59. The van der Waals surface area contributed by atoms with Gasteiger partial charge >= 0.3 is 0 Å². The zero-order valence-corrected chi connectivity index (χ0v) is 8.86. The van der Waals surface area contributed by atoms with Crippen LogP contribution in [0.25, 0.3) is 0 Å². The molecule has 2 heterocycles. The Morgan fingerprint density at radius 3 is 2.77 bits per heavy atom. The fourth-order valence-electron chi connectivity index (χ4n) is 0.882. The van der Waals surface area contributed by atoms with Gasteiger partial charge in [-0.05, 0) is 6.07 Å². The van der Waals surface area contributed by atoms with Gasteiger partial charge in [0.15, 0.2) is 10.3 Å². The molecule has 0 N–H and O–H groups in total. The number of halogens is 2. The first-order chi connectivity index (χ1) is 6.25. The molecule has 70 valence electrons. The molecule has 0 aliphatic carbocycles. The van der Waals surface area contributed by atoms with Crippen LogP contribution in [-0.2, 0) is 4.74 Å². The molecular formula is C7H6Cl2N2OS. The summed E-state index contributed by atoms with van der Waals surface area (Å²) in [6.45, 7) is 1.53. The van der Waals surface area contributed by atoms with Crippen LogP contribution in [0.15, 0.2) is 11.0 Å². The van der Waals surface area contributed by atoms with Crippen LogP contribution in [0.5, 0.6) is 0 Å². The van der Waals surface area contributed by atoms with E-state index in [1.165, 1.54) is 0 Å². The van der Waals surface area contributed by atoms with E-state index in [0.29, 0.717) is 15.6 Å². The quantitative estimate of drug-likeness (QED) is 0.790. The Balaban J connectivity index is 2.13. The Morgan fingerprint density at radius 2 is 2.15 bits per heavy atom. The smallest absolute Gasteiger partial charge is 0.165 e. The molecule has 1 aromatic rings. The molecule has 2 rings (SSSR count). The lowest BCUT2D eigenvalue weighted by Gasteiger charge is -2.25. The standard InChI is InChI=1S/C7H6Cl2N2OS/c8-6-1-5(7(9)11-10-6)13-4-2-12-3-4/h1,4H,2-3H2. The third-order valence-corrected chi connectivity index (χ3v) is 3.33. The van der Waals surface area contributed by atoms with Gasteiger partial charge in [0.05, 0.1) is 23.4 Å². The van der Waals surface area contributed by atoms with Gasteiger partial charge in [-0.15, -0.1) is 22.0 Å². The van der Waals surface area contributed by atoms with Gasteiger partial charge in [-0.1, -0.05) is 23.2 Å². The van der Waals surface area contributed by atoms with E-state index in [0.717, 1.165) is 18.1 Å². The highest BCUT2D eigenvalue weighted by atomic mass is 35.5. The zero-order valence-electron chi connectivity index (χ0n) is 6.54. The Kier molecular flexibility index (Phi) is 2.93. The topological polar surface area (TPSA) is 35.0 Å². The largest absolute Gasteiger partial charge is 0.379 e. The minimum atomic E-state index is 0.368. The molecule has 0 radical (unpaired) electrons. The number of hydrogen-bond acceptors (Lipinski definition) is 4. The summed E-state index contributed by atoms with van der Waals surface area (Å²) in [7, 11) is 0. The Hall–Kier alpha value is -0.0300. The molecule has 13 heavy (non-hydrogen) atoms. The van der Waals surface area contributed by atoms with Crippen LogP contribution >= 0.6 is 35.0 Å². The predicted octanol–water partition coefficient (Wildman–Crippen LogP) is 2.27. The minimum absolute atomic E-state index is 0.368. The summed E-state index contributed by atoms with van der Waals surface area (Å²) in [5.41, 5.74) is 0. The molecule has 0 unspecified atom stereocenters. The second-order valence-corrected chi connectivity index (χ2v) is 4.69. The van der Waals surface area contributed by atoms with Gasteiger partial charge < -0.3 is 4.74 Å². The van der Waals surface area contributed by atoms with Crippen molar-refractivity contribution in [3.8, 4) is 0 Å². The van der Waals surface area contributed by atoms with Gasteiger partial charge in [-0.3, -0.25) is 0 Å². The molecule has 0 saturated carbocycles. The molecule has 0 aromatic carbocycles. The lowest BCUT2D eigenvalue weighted by atomic mass is 10.4. The van der Waals surface area contributed by atoms with Crippen LogP contribution in [0, 0.1) is 0 Å². The minimum Gasteiger partial charge on any atom is -0.379 e. The van der Waals surface area contributed by atoms with Crippen LogP contribution < -0.4 is 0 Å². The van der Waals surface area contributed by atoms with Gasteiger partial charge in [-0.25, -0.2) is 0 Å². The van der Waals surface area contributed by atoms with Crippen molar-refractivity contribution < 1.29 is 4.74 Å². The highest BCUT2D eigenvalue weighted by Gasteiger charge is 2.21. The number of nitrogens with zero attached hydrogens (tertiary/aromatic N) is 2. The summed E-state index contributed by atoms with van der Waals surface area (Å²) in [6, 6.07) is 1.72. The lowest BCUT2D eigenvalue weighted by Crippen LogP contribution is -2.30. The maximum atomic E-state index is 5.83. The molecule has 0 spiro atoms. The fraction of sp³-hybridized carbons (Fsp3) is 0.429. The van der Waals surface area contributed by atoms with Crippen LogP contribution in [0.3, 0.4) is 0 Å². The second kappa shape index (κ2) is 4.00. The lowest BCUT2D eigenvalue weighted by molar-refractivity contribution is 0.0455. The summed E-state index contributed by atoms with van der Waals surface area (Å²) < 4.78 is 5.04. The van der Waals surface area contributed by atoms with Crippen molar-refractivity contribution in [1.29, 1.82) is 0 Å². The highest BCUT2D eigenvalue weighted by molar-refractivity contribution is 8.00. The van der Waals surface area contributed by atoms with Crippen molar-refractivity contribution in [2.75, 3.05) is 13.2 Å². The van der Waals surface area contributed by atoms with Crippen molar-refractivity contribution >= 4 is 35.0 Å². The third kappa shape index (κ3) is 2.26. The number of aromatic nitrogens is 2. The molecule has 0 amide bonds. The predicted molar refractivity (Wildman–Crippen MR) is 52.5 cm³/mol. The van der Waals surface area contributed by atoms with E-state index in [1.54, 1.807) is 17.8 Å². The number of rotatable bonds is 2. The zero-order chi connectivity index (χ0) is 9.26. The van der Waals surface area contributed by atoms with E-state index in [1.807, 2.05) is 0 Å². The number of hydrogen-bond donors (Lipinski definition) is 0. The first-order valence-corrected chi connectivity index (χ1v) is 5.32. The molecule has 1 saturated heterocycles. The fourth-order valence-corrected chi connectivity index (χ4v) is 2.32. The first-order valence-electron chi connectivity index (χ1n) is 3.69. The maximum absolute atomic E-state index is 5.83. The van der Waals surface area contributed by atoms with Gasteiger partial charge in [0.1, 0.15) is 0 Å². The molecule has 1 aliphatic rings. The van der Waals surface area contributed by atoms with Gasteiger partial charge in [0, 0.05) is 0 Å². The number of ether oxygens (including phenoxy) is 1. The van der Waals surface area contributed by atoms with Gasteiger partial charge in [0.25, 0.3) is 0 Å². The van der Waals surface area contributed by atoms with E-state index in [4.69, 9.17) is 27.9 Å². The van der Waals surface area contributed by atoms with E-state index in [9.17, 15) is 0 Å². The molecule has 1 aliphatic heterocycles. The maximum Gasteiger partial charge on any atom is 0.165 e. The van der Waals surface area contributed by atoms with E-state index in [2.05, 4.69) is 10.2 Å². The van der Waals surface area contributed by atoms with Crippen LogP contribution in [0.2, 0.25) is 10.3 Å². The van der Waals surface area contributed by atoms with Crippen molar-refractivity contribution in [2.45, 2.75) is 10.1 Å². The molecule has 6 heteroatoms. The average Bonchev–Trinajstić information content (AvgIpc) is 2.03. The molecule has 3 nitrogen and oxygen atoms in total. The SMILES string of the molecule is Clc1cc(SC2COC2)c(Cl)nn1. The molecule has 0 atom stereocenters. The van der Waals surface area contributed by atoms with Crippen LogP contribution in [0.1, 0.15) is 0 Å². The van der Waals surface area contributed by atoms with Crippen molar-refractivity contribution in [2.24, 2.45) is 0 Å². The summed E-state index contributed by atoms with van der Waals surface area (Å²) >= 11 is 13.1. The highest BCUT2D eigenvalue weighted by Crippen LogP contribution is 2.32. The van der Waals surface area contributed by atoms with Crippen LogP contribution in [0.4, 0.5) is 0 Å². The monoisotopic (exact) mass is 236 g/mol. The Bertz CT molecular complexity index is 319. The van der Waals surface area contributed by atoms with E-state index in [-0.39, 0.29) is 0 Å². The molecule has 1 aromatic heterocycles. The summed E-state index contributed by atoms with van der Waals surface area (Å²) in [5.74, 6) is 0. The molecule has 0 bridgehead atoms. The average molecular weight is 237 g/mol. The van der Waals surface area contributed by atoms with Crippen LogP contribution in [-0.4, -0.2) is 28.7 Å². The summed E-state index contributed by atoms with van der Waals surface area (Å²) in [4.78, 5) is 0.870. The van der Waals surface area contributed by atoms with Gasteiger partial charge in [0.2, 0.25) is 0 Å². The van der Waals surface area contributed by atoms with E-state index < -0.39 is 0 Å². The molecule has 1 fully saturated rings. The Labute approximate surface area is 89.8 Å². The summed E-state index contributed by atoms with van der Waals surface area (Å²) in [6.07, 6.45) is 0. The second-order valence-electron chi connectivity index (χ2n) is 2.60. The first kappa shape index (κ1) is 9.52. The summed E-state index contributed by atoms with van der Waals surface area (Å²) in [5, 5.41) is 8.58. The Morgan fingerprint density at radius 1 is 1.38 bits per heavy atom. The number of thioether (sulfide) groups is 1. The van der Waals surface area contributed by atoms with Crippen molar-refractivity contribution in [3.63, 3.8) is 0 Å². The van der Waals surface area contributed by atoms with E-state index >= 15 is 0 Å².